The zero-order valence-corrected chi connectivity index (χ0v) is 11.0. The molecular formula is C15H22FNO. The van der Waals surface area contributed by atoms with E-state index in [1.165, 1.54) is 25.3 Å². The lowest BCUT2D eigenvalue weighted by molar-refractivity contribution is 0.150. The Morgan fingerprint density at radius 3 is 3.00 bits per heavy atom. The molecule has 0 aromatic heterocycles. The molecule has 18 heavy (non-hydrogen) atoms. The van der Waals surface area contributed by atoms with Gasteiger partial charge < -0.3 is 10.4 Å². The minimum Gasteiger partial charge on any atom is -0.388 e. The summed E-state index contributed by atoms with van der Waals surface area (Å²) in [5.74, 6) is -0.236. The number of halogens is 1. The Balaban J connectivity index is 1.97. The van der Waals surface area contributed by atoms with Gasteiger partial charge in [0.1, 0.15) is 5.82 Å². The molecular weight excluding hydrogens is 229 g/mol. The van der Waals surface area contributed by atoms with Crippen LogP contribution in [-0.4, -0.2) is 17.7 Å². The van der Waals surface area contributed by atoms with Gasteiger partial charge in [-0.15, -0.1) is 0 Å². The maximum absolute atomic E-state index is 13.5. The molecule has 2 atom stereocenters. The number of hydrogen-bond donors (Lipinski definition) is 2. The van der Waals surface area contributed by atoms with Crippen LogP contribution in [0.4, 0.5) is 4.39 Å². The Bertz CT molecular complexity index is 386. The zero-order valence-electron chi connectivity index (χ0n) is 11.0. The summed E-state index contributed by atoms with van der Waals surface area (Å²) in [6.07, 6.45) is 4.89. The van der Waals surface area contributed by atoms with E-state index in [9.17, 15) is 9.50 Å². The highest BCUT2D eigenvalue weighted by molar-refractivity contribution is 5.25. The van der Waals surface area contributed by atoms with Crippen LogP contribution in [0.2, 0.25) is 0 Å². The molecule has 0 bridgehead atoms. The number of aliphatic hydroxyl groups excluding tert-OH is 1. The summed E-state index contributed by atoms with van der Waals surface area (Å²) < 4.78 is 13.5. The average molecular weight is 251 g/mol. The molecule has 2 N–H and O–H groups in total. The minimum atomic E-state index is -0.573. The molecule has 0 spiro atoms. The number of rotatable bonds is 3. The molecule has 2 unspecified atom stereocenters. The van der Waals surface area contributed by atoms with Crippen molar-refractivity contribution in [2.45, 2.75) is 51.2 Å². The highest BCUT2D eigenvalue weighted by Crippen LogP contribution is 2.23. The molecule has 0 radical (unpaired) electrons. The predicted octanol–water partition coefficient (Wildman–Crippen LogP) is 3.09. The Labute approximate surface area is 108 Å². The second kappa shape index (κ2) is 6.30. The van der Waals surface area contributed by atoms with Crippen molar-refractivity contribution in [1.29, 1.82) is 0 Å². The number of benzene rings is 1. The molecule has 0 saturated carbocycles. The third-order valence-corrected chi connectivity index (χ3v) is 3.75. The van der Waals surface area contributed by atoms with Crippen LogP contribution >= 0.6 is 0 Å². The highest BCUT2D eigenvalue weighted by Gasteiger charge is 2.17. The van der Waals surface area contributed by atoms with E-state index in [-0.39, 0.29) is 5.82 Å². The molecule has 1 fully saturated rings. The lowest BCUT2D eigenvalue weighted by Crippen LogP contribution is -2.29. The summed E-state index contributed by atoms with van der Waals surface area (Å²) in [5, 5.41) is 13.6. The minimum absolute atomic E-state index is 0.236. The molecule has 2 nitrogen and oxygen atoms in total. The summed E-state index contributed by atoms with van der Waals surface area (Å²) >= 11 is 0. The Hall–Kier alpha value is -0.930. The van der Waals surface area contributed by atoms with Gasteiger partial charge in [-0.2, -0.15) is 0 Å². The number of aliphatic hydroxyl groups is 1. The van der Waals surface area contributed by atoms with Gasteiger partial charge in [0.25, 0.3) is 0 Å². The molecule has 0 amide bonds. The summed E-state index contributed by atoms with van der Waals surface area (Å²) in [5.41, 5.74) is 1.31. The molecule has 100 valence electrons. The number of aryl methyl sites for hydroxylation is 1. The van der Waals surface area contributed by atoms with Gasteiger partial charge in [0, 0.05) is 6.04 Å². The second-order valence-corrected chi connectivity index (χ2v) is 5.26. The fourth-order valence-corrected chi connectivity index (χ4v) is 2.52. The molecule has 3 heteroatoms. The zero-order chi connectivity index (χ0) is 13.0. The van der Waals surface area contributed by atoms with Gasteiger partial charge in [0.15, 0.2) is 0 Å². The molecule has 1 aliphatic rings. The van der Waals surface area contributed by atoms with Gasteiger partial charge in [-0.1, -0.05) is 25.0 Å². The monoisotopic (exact) mass is 251 g/mol. The number of nitrogens with one attached hydrogen (secondary N) is 1. The molecule has 1 aromatic carbocycles. The third kappa shape index (κ3) is 3.53. The third-order valence-electron chi connectivity index (χ3n) is 3.75. The van der Waals surface area contributed by atoms with Crippen molar-refractivity contribution >= 4 is 0 Å². The molecule has 1 heterocycles. The molecule has 1 aliphatic heterocycles. The topological polar surface area (TPSA) is 32.3 Å². The first-order valence-corrected chi connectivity index (χ1v) is 6.84. The second-order valence-electron chi connectivity index (χ2n) is 5.26. The fraction of sp³-hybridized carbons (Fsp3) is 0.600. The van der Waals surface area contributed by atoms with E-state index >= 15 is 0 Å². The lowest BCUT2D eigenvalue weighted by atomic mass is 9.98. The molecule has 1 saturated heterocycles. The Kier molecular flexibility index (Phi) is 4.72. The van der Waals surface area contributed by atoms with Crippen LogP contribution < -0.4 is 5.32 Å². The summed E-state index contributed by atoms with van der Waals surface area (Å²) in [7, 11) is 0. The maximum Gasteiger partial charge on any atom is 0.126 e. The SMILES string of the molecule is Cc1ccc(C(O)CC2CCCCCN2)cc1F. The van der Waals surface area contributed by atoms with Crippen LogP contribution in [0.15, 0.2) is 18.2 Å². The molecule has 2 rings (SSSR count). The van der Waals surface area contributed by atoms with Crippen molar-refractivity contribution in [1.82, 2.24) is 5.32 Å². The quantitative estimate of drug-likeness (QED) is 0.865. The first kappa shape index (κ1) is 13.5. The van der Waals surface area contributed by atoms with Crippen molar-refractivity contribution in [3.63, 3.8) is 0 Å². The maximum atomic E-state index is 13.5. The van der Waals surface area contributed by atoms with E-state index in [0.717, 1.165) is 13.0 Å². The van der Waals surface area contributed by atoms with Crippen molar-refractivity contribution in [3.05, 3.63) is 35.1 Å². The van der Waals surface area contributed by atoms with E-state index in [1.807, 2.05) is 6.07 Å². The lowest BCUT2D eigenvalue weighted by Gasteiger charge is -2.20. The van der Waals surface area contributed by atoms with Gasteiger partial charge in [-0.05, 0) is 49.9 Å². The van der Waals surface area contributed by atoms with E-state index in [1.54, 1.807) is 13.0 Å². The summed E-state index contributed by atoms with van der Waals surface area (Å²) in [4.78, 5) is 0. The van der Waals surface area contributed by atoms with E-state index in [2.05, 4.69) is 5.32 Å². The van der Waals surface area contributed by atoms with E-state index in [0.29, 0.717) is 23.6 Å². The Morgan fingerprint density at radius 2 is 2.22 bits per heavy atom. The van der Waals surface area contributed by atoms with Gasteiger partial charge in [-0.3, -0.25) is 0 Å². The van der Waals surface area contributed by atoms with Crippen LogP contribution in [-0.2, 0) is 0 Å². The largest absolute Gasteiger partial charge is 0.388 e. The van der Waals surface area contributed by atoms with Crippen molar-refractivity contribution in [3.8, 4) is 0 Å². The molecule has 0 aliphatic carbocycles. The van der Waals surface area contributed by atoms with Crippen LogP contribution in [0.25, 0.3) is 0 Å². The van der Waals surface area contributed by atoms with Crippen LogP contribution in [0.3, 0.4) is 0 Å². The average Bonchev–Trinajstić information content (AvgIpc) is 2.61. The predicted molar refractivity (Wildman–Crippen MR) is 71.0 cm³/mol. The smallest absolute Gasteiger partial charge is 0.126 e. The van der Waals surface area contributed by atoms with Gasteiger partial charge in [0.05, 0.1) is 6.10 Å². The first-order valence-electron chi connectivity index (χ1n) is 6.84. The van der Waals surface area contributed by atoms with E-state index < -0.39 is 6.10 Å². The van der Waals surface area contributed by atoms with Gasteiger partial charge in [-0.25, -0.2) is 4.39 Å². The van der Waals surface area contributed by atoms with Crippen LogP contribution in [0, 0.1) is 12.7 Å². The normalized spacial score (nSPS) is 22.5. The van der Waals surface area contributed by atoms with Crippen molar-refractivity contribution < 1.29 is 9.50 Å². The van der Waals surface area contributed by atoms with Gasteiger partial charge in [0.2, 0.25) is 0 Å². The van der Waals surface area contributed by atoms with Gasteiger partial charge >= 0.3 is 0 Å². The highest BCUT2D eigenvalue weighted by atomic mass is 19.1. The summed E-state index contributed by atoms with van der Waals surface area (Å²) in [6, 6.07) is 5.36. The Morgan fingerprint density at radius 1 is 1.39 bits per heavy atom. The summed E-state index contributed by atoms with van der Waals surface area (Å²) in [6.45, 7) is 2.76. The standard InChI is InChI=1S/C15H22FNO/c1-11-6-7-12(9-14(11)16)15(18)10-13-5-3-2-4-8-17-13/h6-7,9,13,15,17-18H,2-5,8,10H2,1H3. The van der Waals surface area contributed by atoms with Crippen molar-refractivity contribution in [2.24, 2.45) is 0 Å². The van der Waals surface area contributed by atoms with Crippen LogP contribution in [0.1, 0.15) is 49.3 Å². The van der Waals surface area contributed by atoms with E-state index in [4.69, 9.17) is 0 Å². The fourth-order valence-electron chi connectivity index (χ4n) is 2.52. The number of hydrogen-bond acceptors (Lipinski definition) is 2. The molecule has 1 aromatic rings. The first-order chi connectivity index (χ1) is 8.66. The van der Waals surface area contributed by atoms with Crippen LogP contribution in [0.5, 0.6) is 0 Å². The van der Waals surface area contributed by atoms with Crippen molar-refractivity contribution in [2.75, 3.05) is 6.54 Å².